The van der Waals surface area contributed by atoms with Crippen molar-refractivity contribution < 1.29 is 0 Å². The molecule has 6 heteroatoms. The molecule has 1 N–H and O–H groups in total. The first kappa shape index (κ1) is 15.8. The van der Waals surface area contributed by atoms with Gasteiger partial charge in [0.05, 0.1) is 17.7 Å². The molecule has 2 aliphatic rings. The largest absolute Gasteiger partial charge is 0.333 e. The van der Waals surface area contributed by atoms with Gasteiger partial charge in [0.15, 0.2) is 0 Å². The van der Waals surface area contributed by atoms with Crippen LogP contribution in [0.2, 0.25) is 0 Å². The van der Waals surface area contributed by atoms with Crippen LogP contribution in [0.4, 0.5) is 0 Å². The first-order chi connectivity index (χ1) is 7.93. The maximum Gasteiger partial charge on any atom is 0.0952 e. The Balaban J connectivity index is 0.000000810. The quantitative estimate of drug-likeness (QED) is 0.903. The third kappa shape index (κ3) is 3.38. The third-order valence-electron chi connectivity index (χ3n) is 3.65. The topological polar surface area (TPSA) is 33.1 Å². The van der Waals surface area contributed by atoms with Crippen molar-refractivity contribution in [1.29, 1.82) is 0 Å². The van der Waals surface area contributed by atoms with Crippen molar-refractivity contribution in [3.05, 3.63) is 17.7 Å². The summed E-state index contributed by atoms with van der Waals surface area (Å²) in [6, 6.07) is 0. The van der Waals surface area contributed by atoms with Crippen LogP contribution in [-0.4, -0.2) is 34.1 Å². The summed E-state index contributed by atoms with van der Waals surface area (Å²) in [6.07, 6.45) is 5.95. The molecule has 1 aromatic rings. The van der Waals surface area contributed by atoms with Crippen LogP contribution in [0, 0.1) is 0 Å². The Hall–Kier alpha value is -0.290. The summed E-state index contributed by atoms with van der Waals surface area (Å²) >= 11 is 0. The van der Waals surface area contributed by atoms with Crippen molar-refractivity contribution in [3.8, 4) is 0 Å². The number of aryl methyl sites for hydroxylation is 1. The highest BCUT2D eigenvalue weighted by Gasteiger charge is 2.18. The predicted molar refractivity (Wildman–Crippen MR) is 77.6 cm³/mol. The van der Waals surface area contributed by atoms with E-state index in [1.54, 1.807) is 0 Å². The first-order valence-electron chi connectivity index (χ1n) is 6.39. The molecule has 0 radical (unpaired) electrons. The molecular formula is C12H22Cl2N4. The molecule has 3 heterocycles. The highest BCUT2D eigenvalue weighted by molar-refractivity contribution is 5.85. The zero-order chi connectivity index (χ0) is 10.8. The number of imidazole rings is 1. The number of nitrogens with zero attached hydrogens (tertiary/aromatic N) is 3. The normalized spacial score (nSPS) is 19.6. The van der Waals surface area contributed by atoms with Crippen LogP contribution in [-0.2, 0) is 19.6 Å². The summed E-state index contributed by atoms with van der Waals surface area (Å²) in [4.78, 5) is 7.11. The average molecular weight is 293 g/mol. The first-order valence-corrected chi connectivity index (χ1v) is 6.39. The van der Waals surface area contributed by atoms with Gasteiger partial charge in [0.2, 0.25) is 0 Å². The Morgan fingerprint density at radius 1 is 1.11 bits per heavy atom. The molecule has 18 heavy (non-hydrogen) atoms. The molecule has 1 aromatic heterocycles. The lowest BCUT2D eigenvalue weighted by atomic mass is 10.3. The molecule has 1 fully saturated rings. The minimum Gasteiger partial charge on any atom is -0.333 e. The van der Waals surface area contributed by atoms with E-state index in [1.165, 1.54) is 43.7 Å². The molecule has 0 bridgehead atoms. The minimum absolute atomic E-state index is 0. The summed E-state index contributed by atoms with van der Waals surface area (Å²) in [5, 5.41) is 3.48. The molecular weight excluding hydrogens is 271 g/mol. The molecule has 0 unspecified atom stereocenters. The molecule has 3 rings (SSSR count). The number of hydrogen-bond donors (Lipinski definition) is 1. The van der Waals surface area contributed by atoms with Gasteiger partial charge in [0, 0.05) is 19.6 Å². The van der Waals surface area contributed by atoms with Crippen molar-refractivity contribution in [2.75, 3.05) is 19.6 Å². The zero-order valence-corrected chi connectivity index (χ0v) is 12.2. The van der Waals surface area contributed by atoms with E-state index in [-0.39, 0.29) is 24.8 Å². The molecule has 0 aromatic carbocycles. The van der Waals surface area contributed by atoms with Gasteiger partial charge in [0.1, 0.15) is 0 Å². The van der Waals surface area contributed by atoms with Gasteiger partial charge < -0.3 is 9.88 Å². The average Bonchev–Trinajstić information content (AvgIpc) is 2.86. The van der Waals surface area contributed by atoms with Crippen LogP contribution in [0.1, 0.15) is 30.7 Å². The summed E-state index contributed by atoms with van der Waals surface area (Å²) in [5.41, 5.74) is 2.70. The van der Waals surface area contributed by atoms with Gasteiger partial charge in [-0.2, -0.15) is 0 Å². The lowest BCUT2D eigenvalue weighted by Gasteiger charge is -2.14. The fourth-order valence-corrected chi connectivity index (χ4v) is 2.71. The van der Waals surface area contributed by atoms with Crippen LogP contribution in [0.25, 0.3) is 0 Å². The van der Waals surface area contributed by atoms with Gasteiger partial charge in [-0.25, -0.2) is 4.98 Å². The van der Waals surface area contributed by atoms with E-state index in [0.717, 1.165) is 26.2 Å². The van der Waals surface area contributed by atoms with E-state index in [2.05, 4.69) is 19.8 Å². The van der Waals surface area contributed by atoms with E-state index in [9.17, 15) is 0 Å². The van der Waals surface area contributed by atoms with Gasteiger partial charge in [-0.1, -0.05) is 0 Å². The van der Waals surface area contributed by atoms with Crippen LogP contribution >= 0.6 is 24.8 Å². The number of hydrogen-bond acceptors (Lipinski definition) is 3. The zero-order valence-electron chi connectivity index (χ0n) is 10.6. The maximum atomic E-state index is 4.58. The Morgan fingerprint density at radius 2 is 1.89 bits per heavy atom. The number of aromatic nitrogens is 2. The second kappa shape index (κ2) is 7.34. The highest BCUT2D eigenvalue weighted by atomic mass is 35.5. The van der Waals surface area contributed by atoms with Gasteiger partial charge in [-0.05, 0) is 38.9 Å². The summed E-state index contributed by atoms with van der Waals surface area (Å²) < 4.78 is 2.32. The van der Waals surface area contributed by atoms with E-state index in [4.69, 9.17) is 0 Å². The summed E-state index contributed by atoms with van der Waals surface area (Å²) in [6.45, 7) is 6.78. The predicted octanol–water partition coefficient (Wildman–Crippen LogP) is 1.82. The SMILES string of the molecule is Cl.Cl.c1nc(CN2CCCC2)c2n1CCCNC2. The Morgan fingerprint density at radius 3 is 2.67 bits per heavy atom. The van der Waals surface area contributed by atoms with Gasteiger partial charge in [-0.15, -0.1) is 24.8 Å². The van der Waals surface area contributed by atoms with Crippen molar-refractivity contribution >= 4 is 24.8 Å². The second-order valence-electron chi connectivity index (χ2n) is 4.84. The van der Waals surface area contributed by atoms with Crippen molar-refractivity contribution in [1.82, 2.24) is 19.8 Å². The lowest BCUT2D eigenvalue weighted by molar-refractivity contribution is 0.326. The molecule has 4 nitrogen and oxygen atoms in total. The van der Waals surface area contributed by atoms with Gasteiger partial charge in [-0.3, -0.25) is 4.90 Å². The number of fused-ring (bicyclic) bond motifs is 1. The molecule has 0 aliphatic carbocycles. The van der Waals surface area contributed by atoms with Crippen molar-refractivity contribution in [2.45, 2.75) is 38.9 Å². The van der Waals surface area contributed by atoms with Crippen molar-refractivity contribution in [2.24, 2.45) is 0 Å². The van der Waals surface area contributed by atoms with Crippen LogP contribution in [0.3, 0.4) is 0 Å². The Kier molecular flexibility index (Phi) is 6.43. The van der Waals surface area contributed by atoms with E-state index >= 15 is 0 Å². The number of rotatable bonds is 2. The van der Waals surface area contributed by atoms with Crippen LogP contribution in [0.15, 0.2) is 6.33 Å². The molecule has 0 atom stereocenters. The smallest absolute Gasteiger partial charge is 0.0952 e. The monoisotopic (exact) mass is 292 g/mol. The van der Waals surface area contributed by atoms with Gasteiger partial charge >= 0.3 is 0 Å². The number of likely N-dealkylation sites (tertiary alicyclic amines) is 1. The Labute approximate surface area is 121 Å². The fourth-order valence-electron chi connectivity index (χ4n) is 2.71. The molecule has 104 valence electrons. The third-order valence-corrected chi connectivity index (χ3v) is 3.65. The molecule has 0 amide bonds. The molecule has 0 saturated carbocycles. The molecule has 2 aliphatic heterocycles. The van der Waals surface area contributed by atoms with Crippen LogP contribution < -0.4 is 5.32 Å². The van der Waals surface area contributed by atoms with Crippen molar-refractivity contribution in [3.63, 3.8) is 0 Å². The molecule has 1 saturated heterocycles. The maximum absolute atomic E-state index is 4.58. The standard InChI is InChI=1S/C12H20N4.2ClH/c1-2-6-15(5-1)9-11-12-8-13-4-3-7-16(12)10-14-11;;/h10,13H,1-9H2;2*1H. The van der Waals surface area contributed by atoms with Crippen LogP contribution in [0.5, 0.6) is 0 Å². The van der Waals surface area contributed by atoms with E-state index in [0.29, 0.717) is 0 Å². The van der Waals surface area contributed by atoms with E-state index in [1.807, 2.05) is 6.33 Å². The van der Waals surface area contributed by atoms with E-state index < -0.39 is 0 Å². The molecule has 0 spiro atoms. The summed E-state index contributed by atoms with van der Waals surface area (Å²) in [7, 11) is 0. The highest BCUT2D eigenvalue weighted by Crippen LogP contribution is 2.16. The Bertz CT molecular complexity index is 361. The lowest BCUT2D eigenvalue weighted by Crippen LogP contribution is -2.21. The fraction of sp³-hybridized carbons (Fsp3) is 0.750. The second-order valence-corrected chi connectivity index (χ2v) is 4.84. The number of nitrogens with one attached hydrogen (secondary N) is 1. The minimum atomic E-state index is 0. The summed E-state index contributed by atoms with van der Waals surface area (Å²) in [5.74, 6) is 0. The number of halogens is 2. The van der Waals surface area contributed by atoms with Gasteiger partial charge in [0.25, 0.3) is 0 Å².